The molecule has 0 aliphatic carbocycles. The molecule has 3 N–H and O–H groups in total. The van der Waals surface area contributed by atoms with Gasteiger partial charge < -0.3 is 20.3 Å². The van der Waals surface area contributed by atoms with E-state index >= 15 is 0 Å². The van der Waals surface area contributed by atoms with Crippen LogP contribution < -0.4 is 5.32 Å². The van der Waals surface area contributed by atoms with Gasteiger partial charge in [-0.05, 0) is 44.6 Å². The number of aromatic nitrogens is 2. The molecule has 150 valence electrons. The maximum atomic E-state index is 13.0. The third kappa shape index (κ3) is 3.90. The molecule has 1 fully saturated rings. The molecule has 1 amide bonds. The van der Waals surface area contributed by atoms with E-state index in [4.69, 9.17) is 4.74 Å². The van der Waals surface area contributed by atoms with Crippen molar-refractivity contribution < 1.29 is 24.1 Å². The number of halogens is 1. The molecule has 1 aromatic heterocycles. The Labute approximate surface area is 162 Å². The molecule has 2 heterocycles. The van der Waals surface area contributed by atoms with Crippen molar-refractivity contribution >= 4 is 5.91 Å². The molecule has 0 radical (unpaired) electrons. The molecule has 1 aliphatic rings. The Morgan fingerprint density at radius 3 is 2.46 bits per heavy atom. The molecular weight excluding hydrogens is 367 g/mol. The fourth-order valence-electron chi connectivity index (χ4n) is 3.26. The first-order chi connectivity index (χ1) is 13.3. The Bertz CT molecular complexity index is 852. The smallest absolute Gasteiger partial charge is 0.274 e. The monoisotopic (exact) mass is 390 g/mol. The second-order valence-electron chi connectivity index (χ2n) is 6.92. The molecule has 9 heteroatoms. The highest BCUT2D eigenvalue weighted by atomic mass is 19.1. The molecule has 2 aromatic rings. The molecule has 3 rings (SSSR count). The first kappa shape index (κ1) is 20.0. The minimum atomic E-state index is -0.679. The predicted molar refractivity (Wildman–Crippen MR) is 98.3 cm³/mol. The molecule has 8 nitrogen and oxygen atoms in total. The van der Waals surface area contributed by atoms with Crippen LogP contribution in [0.2, 0.25) is 0 Å². The summed E-state index contributed by atoms with van der Waals surface area (Å²) in [5, 5.41) is 22.8. The molecule has 0 atom stereocenters. The molecule has 1 aliphatic heterocycles. The summed E-state index contributed by atoms with van der Waals surface area (Å²) in [5.41, 5.74) is -0.241. The van der Waals surface area contributed by atoms with E-state index < -0.39 is 23.1 Å². The molecule has 1 saturated heterocycles. The van der Waals surface area contributed by atoms with Gasteiger partial charge in [0, 0.05) is 19.8 Å². The first-order valence-corrected chi connectivity index (χ1v) is 8.92. The van der Waals surface area contributed by atoms with Gasteiger partial charge in [0.25, 0.3) is 11.8 Å². The number of aromatic hydroxyl groups is 2. The van der Waals surface area contributed by atoms with Gasteiger partial charge in [-0.3, -0.25) is 9.69 Å². The number of nitrogens with zero attached hydrogens (tertiary/aromatic N) is 3. The summed E-state index contributed by atoms with van der Waals surface area (Å²) in [6.45, 7) is 1.11. The van der Waals surface area contributed by atoms with Crippen LogP contribution in [0.4, 0.5) is 4.39 Å². The summed E-state index contributed by atoms with van der Waals surface area (Å²) >= 11 is 0. The number of carbonyl (C=O) groups is 1. The summed E-state index contributed by atoms with van der Waals surface area (Å²) in [7, 11) is 3.74. The summed E-state index contributed by atoms with van der Waals surface area (Å²) < 4.78 is 18.4. The van der Waals surface area contributed by atoms with Crippen molar-refractivity contribution in [2.24, 2.45) is 0 Å². The average Bonchev–Trinajstić information content (AvgIpc) is 2.69. The van der Waals surface area contributed by atoms with Crippen LogP contribution in [0.5, 0.6) is 11.6 Å². The Hall–Kier alpha value is -2.78. The van der Waals surface area contributed by atoms with E-state index in [1.54, 1.807) is 12.1 Å². The fraction of sp³-hybridized carbons (Fsp3) is 0.421. The van der Waals surface area contributed by atoms with Gasteiger partial charge in [-0.15, -0.1) is 0 Å². The Balaban J connectivity index is 1.88. The van der Waals surface area contributed by atoms with Crippen molar-refractivity contribution in [3.63, 3.8) is 0 Å². The number of ether oxygens (including phenoxy) is 1. The number of hydrogen-bond acceptors (Lipinski definition) is 7. The zero-order chi connectivity index (χ0) is 20.3. The van der Waals surface area contributed by atoms with Gasteiger partial charge in [-0.2, -0.15) is 4.98 Å². The number of nitrogens with one attached hydrogen (secondary N) is 1. The normalized spacial score (nSPS) is 16.1. The van der Waals surface area contributed by atoms with Crippen LogP contribution >= 0.6 is 0 Å². The van der Waals surface area contributed by atoms with Crippen molar-refractivity contribution in [1.29, 1.82) is 0 Å². The number of rotatable bonds is 5. The lowest BCUT2D eigenvalue weighted by atomic mass is 9.87. The highest BCUT2D eigenvalue weighted by Crippen LogP contribution is 2.37. The van der Waals surface area contributed by atoms with E-state index in [2.05, 4.69) is 15.3 Å². The SMILES string of the molecule is CN(C)C1(c2nc(O)c(O)c(C(=O)NCc3ccc(F)cc3)n2)CCOCC1. The van der Waals surface area contributed by atoms with Crippen LogP contribution in [0.25, 0.3) is 0 Å². The highest BCUT2D eigenvalue weighted by molar-refractivity contribution is 5.95. The van der Waals surface area contributed by atoms with Crippen LogP contribution in [0, 0.1) is 5.82 Å². The topological polar surface area (TPSA) is 108 Å². The molecule has 0 saturated carbocycles. The molecular formula is C19H23FN4O4. The predicted octanol–water partition coefficient (Wildman–Crippen LogP) is 1.52. The van der Waals surface area contributed by atoms with Crippen molar-refractivity contribution in [3.8, 4) is 11.6 Å². The van der Waals surface area contributed by atoms with Crippen LogP contribution in [0.15, 0.2) is 24.3 Å². The van der Waals surface area contributed by atoms with E-state index in [1.807, 2.05) is 19.0 Å². The fourth-order valence-corrected chi connectivity index (χ4v) is 3.26. The molecule has 1 aromatic carbocycles. The summed E-state index contributed by atoms with van der Waals surface area (Å²) in [5.74, 6) is -2.11. The molecule has 0 spiro atoms. The molecule has 0 unspecified atom stereocenters. The quantitative estimate of drug-likeness (QED) is 0.710. The van der Waals surface area contributed by atoms with Crippen molar-refractivity contribution in [1.82, 2.24) is 20.2 Å². The van der Waals surface area contributed by atoms with Crippen LogP contribution in [0.1, 0.15) is 34.7 Å². The van der Waals surface area contributed by atoms with E-state index in [9.17, 15) is 19.4 Å². The lowest BCUT2D eigenvalue weighted by Crippen LogP contribution is -2.47. The van der Waals surface area contributed by atoms with E-state index in [0.29, 0.717) is 31.6 Å². The van der Waals surface area contributed by atoms with Crippen molar-refractivity contribution in [2.45, 2.75) is 24.9 Å². The molecule has 28 heavy (non-hydrogen) atoms. The Kier molecular flexibility index (Phi) is 5.76. The number of amides is 1. The van der Waals surface area contributed by atoms with Gasteiger partial charge in [0.05, 0.1) is 5.54 Å². The first-order valence-electron chi connectivity index (χ1n) is 8.92. The van der Waals surface area contributed by atoms with Gasteiger partial charge in [0.15, 0.2) is 11.5 Å². The highest BCUT2D eigenvalue weighted by Gasteiger charge is 2.41. The van der Waals surface area contributed by atoms with Crippen LogP contribution in [-0.2, 0) is 16.8 Å². The Morgan fingerprint density at radius 1 is 1.21 bits per heavy atom. The largest absolute Gasteiger partial charge is 0.501 e. The summed E-state index contributed by atoms with van der Waals surface area (Å²) in [4.78, 5) is 22.8. The van der Waals surface area contributed by atoms with E-state index in [-0.39, 0.29) is 23.9 Å². The second kappa shape index (κ2) is 8.07. The number of carbonyl (C=O) groups excluding carboxylic acids is 1. The standard InChI is InChI=1S/C19H23FN4O4/c1-24(2)19(7-9-28-10-8-19)18-22-14(15(25)17(27)23-18)16(26)21-11-12-3-5-13(20)6-4-12/h3-6,25H,7-11H2,1-2H3,(H,21,26)(H,22,23,27). The second-order valence-corrected chi connectivity index (χ2v) is 6.92. The average molecular weight is 390 g/mol. The third-order valence-electron chi connectivity index (χ3n) is 5.04. The minimum absolute atomic E-state index is 0.116. The van der Waals surface area contributed by atoms with Gasteiger partial charge in [-0.1, -0.05) is 12.1 Å². The van der Waals surface area contributed by atoms with Gasteiger partial charge >= 0.3 is 0 Å². The maximum Gasteiger partial charge on any atom is 0.274 e. The lowest BCUT2D eigenvalue weighted by molar-refractivity contribution is -0.0156. The Morgan fingerprint density at radius 2 is 1.86 bits per heavy atom. The van der Waals surface area contributed by atoms with Crippen molar-refractivity contribution in [2.75, 3.05) is 27.3 Å². The number of hydrogen-bond donors (Lipinski definition) is 3. The van der Waals surface area contributed by atoms with Gasteiger partial charge in [0.2, 0.25) is 5.75 Å². The zero-order valence-electron chi connectivity index (χ0n) is 15.8. The maximum absolute atomic E-state index is 13.0. The number of benzene rings is 1. The van der Waals surface area contributed by atoms with Gasteiger partial charge in [-0.25, -0.2) is 9.37 Å². The van der Waals surface area contributed by atoms with E-state index in [0.717, 1.165) is 0 Å². The lowest BCUT2D eigenvalue weighted by Gasteiger charge is -2.41. The molecule has 0 bridgehead atoms. The third-order valence-corrected chi connectivity index (χ3v) is 5.04. The van der Waals surface area contributed by atoms with Gasteiger partial charge in [0.1, 0.15) is 5.82 Å². The minimum Gasteiger partial charge on any atom is -0.501 e. The van der Waals surface area contributed by atoms with Crippen LogP contribution in [-0.4, -0.2) is 58.3 Å². The van der Waals surface area contributed by atoms with Crippen molar-refractivity contribution in [3.05, 3.63) is 47.2 Å². The zero-order valence-corrected chi connectivity index (χ0v) is 15.8. The summed E-state index contributed by atoms with van der Waals surface area (Å²) in [6, 6.07) is 5.67. The van der Waals surface area contributed by atoms with E-state index in [1.165, 1.54) is 12.1 Å². The summed E-state index contributed by atoms with van der Waals surface area (Å²) in [6.07, 6.45) is 1.17. The van der Waals surface area contributed by atoms with Crippen LogP contribution in [0.3, 0.4) is 0 Å².